The number of halogens is 1. The highest BCUT2D eigenvalue weighted by atomic mass is 79.9. The van der Waals surface area contributed by atoms with Crippen LogP contribution in [0.2, 0.25) is 0 Å². The summed E-state index contributed by atoms with van der Waals surface area (Å²) in [5.41, 5.74) is 5.78. The number of rotatable bonds is 2. The third-order valence-electron chi connectivity index (χ3n) is 1.71. The minimum atomic E-state index is 0.544. The third kappa shape index (κ3) is 1.59. The van der Waals surface area contributed by atoms with Crippen LogP contribution in [0.4, 0.5) is 5.82 Å². The Morgan fingerprint density at radius 3 is 3.14 bits per heavy atom. The van der Waals surface area contributed by atoms with Gasteiger partial charge in [-0.2, -0.15) is 4.98 Å². The molecular weight excluding hydrogens is 264 g/mol. The van der Waals surface area contributed by atoms with Gasteiger partial charge < -0.3 is 5.73 Å². The molecule has 2 N–H and O–H groups in total. The summed E-state index contributed by atoms with van der Waals surface area (Å²) in [6.45, 7) is 2.08. The van der Waals surface area contributed by atoms with Gasteiger partial charge in [-0.25, -0.2) is 4.98 Å². The van der Waals surface area contributed by atoms with Crippen LogP contribution in [0.15, 0.2) is 21.9 Å². The molecule has 6 heteroatoms. The summed E-state index contributed by atoms with van der Waals surface area (Å²) in [7, 11) is 0. The van der Waals surface area contributed by atoms with Crippen molar-refractivity contribution in [1.29, 1.82) is 0 Å². The van der Waals surface area contributed by atoms with Crippen LogP contribution in [-0.4, -0.2) is 20.1 Å². The Morgan fingerprint density at radius 2 is 2.43 bits per heavy atom. The fraction of sp³-hybridized carbons (Fsp3) is 0.250. The molecule has 0 saturated heterocycles. The van der Waals surface area contributed by atoms with E-state index in [9.17, 15) is 0 Å². The molecule has 2 rings (SSSR count). The summed E-state index contributed by atoms with van der Waals surface area (Å²) in [5, 5.41) is 0.955. The normalized spacial score (nSPS) is 11.0. The molecule has 0 aromatic carbocycles. The average Bonchev–Trinajstić information content (AvgIpc) is 2.45. The van der Waals surface area contributed by atoms with Gasteiger partial charge in [-0.1, -0.05) is 6.92 Å². The number of imidazole rings is 1. The summed E-state index contributed by atoms with van der Waals surface area (Å²) < 4.78 is 2.81. The van der Waals surface area contributed by atoms with Gasteiger partial charge in [0, 0.05) is 12.4 Å². The van der Waals surface area contributed by atoms with E-state index in [1.54, 1.807) is 18.0 Å². The molecular formula is C8H9BrN4S. The number of nitrogens with zero attached hydrogens (tertiary/aromatic N) is 3. The first-order valence-corrected chi connectivity index (χ1v) is 5.92. The van der Waals surface area contributed by atoms with Gasteiger partial charge in [0.15, 0.2) is 5.82 Å². The summed E-state index contributed by atoms with van der Waals surface area (Å²) in [4.78, 5) is 8.32. The zero-order valence-corrected chi connectivity index (χ0v) is 9.97. The molecule has 0 atom stereocenters. The zero-order chi connectivity index (χ0) is 10.1. The minimum Gasteiger partial charge on any atom is -0.381 e. The summed E-state index contributed by atoms with van der Waals surface area (Å²) in [6, 6.07) is 0. The lowest BCUT2D eigenvalue weighted by Crippen LogP contribution is -1.91. The Hall–Kier alpha value is -0.750. The monoisotopic (exact) mass is 272 g/mol. The van der Waals surface area contributed by atoms with Crippen molar-refractivity contribution in [3.8, 4) is 0 Å². The molecule has 74 valence electrons. The smallest absolute Gasteiger partial charge is 0.236 e. The van der Waals surface area contributed by atoms with E-state index in [0.717, 1.165) is 15.3 Å². The number of hydrogen-bond donors (Lipinski definition) is 1. The highest BCUT2D eigenvalue weighted by Gasteiger charge is 2.09. The number of nitrogens with two attached hydrogens (primary N) is 1. The van der Waals surface area contributed by atoms with Crippen molar-refractivity contribution in [2.45, 2.75) is 11.9 Å². The molecule has 0 fully saturated rings. The Balaban J connectivity index is 2.66. The molecule has 0 radical (unpaired) electrons. The number of fused-ring (bicyclic) bond motifs is 1. The van der Waals surface area contributed by atoms with E-state index in [0.29, 0.717) is 11.6 Å². The molecule has 2 heterocycles. The third-order valence-corrected chi connectivity index (χ3v) is 3.09. The molecule has 0 aliphatic heterocycles. The van der Waals surface area contributed by atoms with Gasteiger partial charge in [0.25, 0.3) is 0 Å². The van der Waals surface area contributed by atoms with E-state index in [1.165, 1.54) is 0 Å². The van der Waals surface area contributed by atoms with E-state index in [1.807, 2.05) is 10.6 Å². The molecule has 2 aromatic rings. The molecule has 0 spiro atoms. The molecule has 0 amide bonds. The van der Waals surface area contributed by atoms with Gasteiger partial charge in [-0.3, -0.25) is 4.40 Å². The van der Waals surface area contributed by atoms with Crippen LogP contribution in [0.25, 0.3) is 5.78 Å². The maximum atomic E-state index is 5.78. The van der Waals surface area contributed by atoms with Crippen LogP contribution >= 0.6 is 27.7 Å². The van der Waals surface area contributed by atoms with Gasteiger partial charge in [0.2, 0.25) is 5.78 Å². The summed E-state index contributed by atoms with van der Waals surface area (Å²) in [6.07, 6.45) is 3.63. The van der Waals surface area contributed by atoms with Crippen LogP contribution in [0, 0.1) is 0 Å². The Bertz CT molecular complexity index is 468. The highest BCUT2D eigenvalue weighted by Crippen LogP contribution is 2.25. The van der Waals surface area contributed by atoms with Crippen LogP contribution < -0.4 is 5.73 Å². The second kappa shape index (κ2) is 3.78. The van der Waals surface area contributed by atoms with Crippen molar-refractivity contribution in [1.82, 2.24) is 14.4 Å². The van der Waals surface area contributed by atoms with Crippen LogP contribution in [-0.2, 0) is 0 Å². The van der Waals surface area contributed by atoms with Crippen molar-refractivity contribution in [2.24, 2.45) is 0 Å². The fourth-order valence-corrected chi connectivity index (χ4v) is 2.23. The van der Waals surface area contributed by atoms with E-state index in [4.69, 9.17) is 5.73 Å². The van der Waals surface area contributed by atoms with Crippen molar-refractivity contribution in [3.05, 3.63) is 16.9 Å². The lowest BCUT2D eigenvalue weighted by molar-refractivity contribution is 1.01. The minimum absolute atomic E-state index is 0.544. The second-order valence-corrected chi connectivity index (χ2v) is 4.85. The van der Waals surface area contributed by atoms with Crippen LogP contribution in [0.1, 0.15) is 6.92 Å². The Morgan fingerprint density at radius 1 is 1.64 bits per heavy atom. The van der Waals surface area contributed by atoms with Crippen molar-refractivity contribution >= 4 is 39.3 Å². The molecule has 4 nitrogen and oxygen atoms in total. The first kappa shape index (κ1) is 9.79. The first-order valence-electron chi connectivity index (χ1n) is 4.14. The predicted molar refractivity (Wildman–Crippen MR) is 61.5 cm³/mol. The fourth-order valence-electron chi connectivity index (χ4n) is 1.19. The number of thioether (sulfide) groups is 1. The van der Waals surface area contributed by atoms with Crippen molar-refractivity contribution in [3.63, 3.8) is 0 Å². The lowest BCUT2D eigenvalue weighted by atomic mass is 10.7. The van der Waals surface area contributed by atoms with Gasteiger partial charge >= 0.3 is 0 Å². The standard InChI is InChI=1S/C8H9BrN4S/c1-2-14-7-6(10)12-8-11-3-5(9)4-13(7)8/h3-4H,2,10H2,1H3. The number of nitrogen functional groups attached to an aromatic ring is 1. The summed E-state index contributed by atoms with van der Waals surface area (Å²) in [5.74, 6) is 2.15. The van der Waals surface area contributed by atoms with E-state index < -0.39 is 0 Å². The van der Waals surface area contributed by atoms with E-state index in [2.05, 4.69) is 32.8 Å². The van der Waals surface area contributed by atoms with Gasteiger partial charge in [0.05, 0.1) is 4.47 Å². The Kier molecular flexibility index (Phi) is 2.64. The largest absolute Gasteiger partial charge is 0.381 e. The maximum absolute atomic E-state index is 5.78. The molecule has 0 aliphatic carbocycles. The van der Waals surface area contributed by atoms with Crippen LogP contribution in [0.3, 0.4) is 0 Å². The average molecular weight is 273 g/mol. The molecule has 2 aromatic heterocycles. The highest BCUT2D eigenvalue weighted by molar-refractivity contribution is 9.10. The topological polar surface area (TPSA) is 56.2 Å². The molecule has 0 aliphatic rings. The quantitative estimate of drug-likeness (QED) is 0.852. The summed E-state index contributed by atoms with van der Waals surface area (Å²) >= 11 is 5.03. The van der Waals surface area contributed by atoms with Gasteiger partial charge in [-0.15, -0.1) is 11.8 Å². The molecule has 0 bridgehead atoms. The number of anilines is 1. The first-order chi connectivity index (χ1) is 6.72. The van der Waals surface area contributed by atoms with Gasteiger partial charge in [-0.05, 0) is 21.7 Å². The Labute approximate surface area is 94.0 Å². The lowest BCUT2D eigenvalue weighted by Gasteiger charge is -1.99. The van der Waals surface area contributed by atoms with Gasteiger partial charge in [0.1, 0.15) is 5.03 Å². The zero-order valence-electron chi connectivity index (χ0n) is 7.57. The van der Waals surface area contributed by atoms with E-state index in [-0.39, 0.29) is 0 Å². The molecule has 0 unspecified atom stereocenters. The predicted octanol–water partition coefficient (Wildman–Crippen LogP) is 2.19. The molecule has 14 heavy (non-hydrogen) atoms. The van der Waals surface area contributed by atoms with Crippen LogP contribution in [0.5, 0.6) is 0 Å². The number of hydrogen-bond acceptors (Lipinski definition) is 4. The van der Waals surface area contributed by atoms with Crippen molar-refractivity contribution in [2.75, 3.05) is 11.5 Å². The van der Waals surface area contributed by atoms with E-state index >= 15 is 0 Å². The SMILES string of the molecule is CCSc1c(N)nc2ncc(Br)cn12. The molecule has 0 saturated carbocycles. The second-order valence-electron chi connectivity index (χ2n) is 2.68. The van der Waals surface area contributed by atoms with Crippen molar-refractivity contribution < 1.29 is 0 Å². The maximum Gasteiger partial charge on any atom is 0.236 e. The number of aromatic nitrogens is 3.